The Kier molecular flexibility index (Phi) is 7.86. The molecule has 0 bridgehead atoms. The molecule has 3 aliphatic rings. The summed E-state index contributed by atoms with van der Waals surface area (Å²) in [7, 11) is 0. The van der Waals surface area contributed by atoms with E-state index in [0.29, 0.717) is 25.0 Å². The lowest BCUT2D eigenvalue weighted by atomic mass is 9.83. The lowest BCUT2D eigenvalue weighted by Gasteiger charge is -2.46. The summed E-state index contributed by atoms with van der Waals surface area (Å²) >= 11 is 8.37. The first-order valence-corrected chi connectivity index (χ1v) is 11.7. The number of fused-ring (bicyclic) bond motifs is 2. The number of aliphatic hydroxyl groups is 1. The highest BCUT2D eigenvalue weighted by molar-refractivity contribution is 14.1. The normalized spacial score (nSPS) is 39.8. The van der Waals surface area contributed by atoms with E-state index in [-0.39, 0.29) is 41.5 Å². The number of aliphatic hydroxyl groups excluding tert-OH is 1. The molecule has 3 rings (SSSR count). The van der Waals surface area contributed by atoms with Crippen molar-refractivity contribution in [2.75, 3.05) is 0 Å². The van der Waals surface area contributed by atoms with Gasteiger partial charge in [0.15, 0.2) is 5.78 Å². The molecule has 0 spiro atoms. The molecule has 0 aromatic rings. The number of ether oxygens (including phenoxy) is 3. The smallest absolute Gasteiger partial charge is 0.159 e. The molecule has 1 N–H and O–H groups in total. The minimum atomic E-state index is -0.915. The van der Waals surface area contributed by atoms with E-state index in [0.717, 1.165) is 22.8 Å². The fraction of sp³-hybridized carbons (Fsp3) is 0.762. The fourth-order valence-electron chi connectivity index (χ4n) is 4.37. The van der Waals surface area contributed by atoms with Gasteiger partial charge in [0, 0.05) is 23.8 Å². The number of hydrogen-bond donors (Lipinski definition) is 1. The monoisotopic (exact) mass is 524 g/mol. The second-order valence-electron chi connectivity index (χ2n) is 8.10. The predicted molar refractivity (Wildman–Crippen MR) is 117 cm³/mol. The highest BCUT2D eigenvalue weighted by Crippen LogP contribution is 2.43. The molecule has 5 nitrogen and oxygen atoms in total. The summed E-state index contributed by atoms with van der Waals surface area (Å²) < 4.78 is 19.3. The first-order chi connectivity index (χ1) is 13.3. The van der Waals surface area contributed by atoms with E-state index in [1.165, 1.54) is 6.08 Å². The molecule has 0 saturated carbocycles. The lowest BCUT2D eigenvalue weighted by Crippen LogP contribution is -2.57. The van der Waals surface area contributed by atoms with Crippen LogP contribution in [0.5, 0.6) is 0 Å². The Hall–Kier alpha value is -0.150. The minimum Gasteiger partial charge on any atom is -0.489 e. The van der Waals surface area contributed by atoms with Crippen LogP contribution in [0.25, 0.3) is 0 Å². The van der Waals surface area contributed by atoms with Crippen molar-refractivity contribution in [3.05, 3.63) is 22.0 Å². The van der Waals surface area contributed by atoms with Gasteiger partial charge in [0.1, 0.15) is 24.1 Å². The predicted octanol–water partition coefficient (Wildman–Crippen LogP) is 4.29. The molecular weight excluding hydrogens is 495 g/mol. The molecule has 28 heavy (non-hydrogen) atoms. The zero-order valence-electron chi connectivity index (χ0n) is 16.5. The van der Waals surface area contributed by atoms with E-state index in [2.05, 4.69) is 43.0 Å². The van der Waals surface area contributed by atoms with Crippen LogP contribution in [0.1, 0.15) is 52.4 Å². The SMILES string of the molecule is C=C(I)C[C@H](Cl)CCC(=O)/C=C1/O[C@@H]2C(O[C@H]3CC[C@H](CC)O[C@@H]3[C@@H]2C)[C@H]1O. The molecule has 3 aliphatic heterocycles. The molecule has 3 heterocycles. The second kappa shape index (κ2) is 9.77. The lowest BCUT2D eigenvalue weighted by molar-refractivity contribution is -0.238. The summed E-state index contributed by atoms with van der Waals surface area (Å²) in [5, 5.41) is 10.6. The molecule has 0 aromatic heterocycles. The van der Waals surface area contributed by atoms with Crippen molar-refractivity contribution < 1.29 is 24.1 Å². The number of alkyl halides is 1. The highest BCUT2D eigenvalue weighted by atomic mass is 127. The quantitative estimate of drug-likeness (QED) is 0.306. The third kappa shape index (κ3) is 5.12. The summed E-state index contributed by atoms with van der Waals surface area (Å²) in [5.41, 5.74) is 0. The molecule has 1 unspecified atom stereocenters. The minimum absolute atomic E-state index is 0.0225. The van der Waals surface area contributed by atoms with Crippen molar-refractivity contribution >= 4 is 40.0 Å². The number of rotatable bonds is 7. The summed E-state index contributed by atoms with van der Waals surface area (Å²) in [5.74, 6) is 0.308. The van der Waals surface area contributed by atoms with Gasteiger partial charge >= 0.3 is 0 Å². The molecule has 0 aromatic carbocycles. The van der Waals surface area contributed by atoms with Crippen LogP contribution in [0.15, 0.2) is 22.0 Å². The van der Waals surface area contributed by atoms with E-state index in [9.17, 15) is 9.90 Å². The molecule has 0 radical (unpaired) electrons. The standard InChI is InChI=1S/C21H30ClIO5/c1-4-15-7-8-16-19(26-15)12(3)20-21(27-16)18(25)17(28-20)10-14(24)6-5-13(22)9-11(2)23/h10,12-13,15-16,18-21,25H,2,4-9H2,1,3H3/b17-10+/t12-,13+,15-,16-,18-,19+,20-,21?/m0/s1. The van der Waals surface area contributed by atoms with Crippen molar-refractivity contribution in [1.82, 2.24) is 0 Å². The Morgan fingerprint density at radius 1 is 1.36 bits per heavy atom. The Labute approximate surface area is 186 Å². The second-order valence-corrected chi connectivity index (χ2v) is 10.2. The highest BCUT2D eigenvalue weighted by Gasteiger charge is 2.54. The largest absolute Gasteiger partial charge is 0.489 e. The maximum atomic E-state index is 12.3. The van der Waals surface area contributed by atoms with Gasteiger partial charge in [0.05, 0.1) is 18.3 Å². The molecule has 8 atom stereocenters. The summed E-state index contributed by atoms with van der Waals surface area (Å²) in [4.78, 5) is 12.3. The Bertz CT molecular complexity index is 624. The number of carbonyl (C=O) groups is 1. The average molecular weight is 525 g/mol. The average Bonchev–Trinajstić information content (AvgIpc) is 2.96. The molecular formula is C21H30ClIO5. The van der Waals surface area contributed by atoms with Crippen LogP contribution in [0.4, 0.5) is 0 Å². The molecule has 7 heteroatoms. The van der Waals surface area contributed by atoms with Crippen LogP contribution in [0, 0.1) is 5.92 Å². The Balaban J connectivity index is 1.61. The van der Waals surface area contributed by atoms with Crippen molar-refractivity contribution in [3.8, 4) is 0 Å². The topological polar surface area (TPSA) is 65.0 Å². The summed E-state index contributed by atoms with van der Waals surface area (Å²) in [6.45, 7) is 8.05. The fourth-order valence-corrected chi connectivity index (χ4v) is 5.46. The number of ketones is 1. The van der Waals surface area contributed by atoms with Gasteiger partial charge in [0.25, 0.3) is 0 Å². The Morgan fingerprint density at radius 2 is 2.11 bits per heavy atom. The van der Waals surface area contributed by atoms with Gasteiger partial charge in [-0.3, -0.25) is 4.79 Å². The van der Waals surface area contributed by atoms with E-state index in [1.54, 1.807) is 0 Å². The van der Waals surface area contributed by atoms with Crippen LogP contribution >= 0.6 is 34.2 Å². The molecule has 0 amide bonds. The molecule has 3 fully saturated rings. The van der Waals surface area contributed by atoms with Gasteiger partial charge in [-0.05, 0) is 58.3 Å². The van der Waals surface area contributed by atoms with Crippen LogP contribution in [-0.2, 0) is 19.0 Å². The van der Waals surface area contributed by atoms with Gasteiger partial charge in [-0.2, -0.15) is 0 Å². The summed E-state index contributed by atoms with van der Waals surface area (Å²) in [6.07, 6.45) is 4.43. The van der Waals surface area contributed by atoms with E-state index < -0.39 is 12.2 Å². The van der Waals surface area contributed by atoms with Gasteiger partial charge in [-0.15, -0.1) is 11.6 Å². The number of allylic oxidation sites excluding steroid dienone is 2. The Morgan fingerprint density at radius 3 is 2.79 bits per heavy atom. The van der Waals surface area contributed by atoms with Crippen molar-refractivity contribution in [2.24, 2.45) is 5.92 Å². The van der Waals surface area contributed by atoms with Crippen LogP contribution < -0.4 is 0 Å². The maximum absolute atomic E-state index is 12.3. The van der Waals surface area contributed by atoms with Crippen LogP contribution in [-0.4, -0.2) is 52.9 Å². The molecule has 158 valence electrons. The van der Waals surface area contributed by atoms with E-state index in [1.807, 2.05) is 0 Å². The zero-order chi connectivity index (χ0) is 20.4. The third-order valence-corrected chi connectivity index (χ3v) is 6.77. The first kappa shape index (κ1) is 22.5. The summed E-state index contributed by atoms with van der Waals surface area (Å²) in [6, 6.07) is 0. The molecule has 0 aliphatic carbocycles. The van der Waals surface area contributed by atoms with Crippen LogP contribution in [0.2, 0.25) is 0 Å². The van der Waals surface area contributed by atoms with Gasteiger partial charge < -0.3 is 19.3 Å². The van der Waals surface area contributed by atoms with Gasteiger partial charge in [-0.25, -0.2) is 0 Å². The number of carbonyl (C=O) groups excluding carboxylic acids is 1. The van der Waals surface area contributed by atoms with E-state index in [4.69, 9.17) is 25.8 Å². The van der Waals surface area contributed by atoms with Crippen molar-refractivity contribution in [2.45, 2.75) is 94.4 Å². The van der Waals surface area contributed by atoms with Gasteiger partial charge in [-0.1, -0.05) is 20.4 Å². The van der Waals surface area contributed by atoms with Gasteiger partial charge in [0.2, 0.25) is 0 Å². The molecule has 3 saturated heterocycles. The maximum Gasteiger partial charge on any atom is 0.159 e. The van der Waals surface area contributed by atoms with Crippen molar-refractivity contribution in [3.63, 3.8) is 0 Å². The number of halogens is 2. The zero-order valence-corrected chi connectivity index (χ0v) is 19.4. The first-order valence-electron chi connectivity index (χ1n) is 10.2. The third-order valence-electron chi connectivity index (χ3n) is 5.96. The van der Waals surface area contributed by atoms with E-state index >= 15 is 0 Å². The van der Waals surface area contributed by atoms with Crippen LogP contribution in [0.3, 0.4) is 0 Å². The van der Waals surface area contributed by atoms with Crippen molar-refractivity contribution in [1.29, 1.82) is 0 Å². The number of hydrogen-bond acceptors (Lipinski definition) is 5.